The van der Waals surface area contributed by atoms with Gasteiger partial charge in [0.1, 0.15) is 6.10 Å². The Balaban J connectivity index is 2.03. The Morgan fingerprint density at radius 3 is 2.79 bits per heavy atom. The quantitative estimate of drug-likeness (QED) is 0.617. The van der Waals surface area contributed by atoms with Crippen molar-refractivity contribution in [3.63, 3.8) is 0 Å². The average Bonchev–Trinajstić information content (AvgIpc) is 3.03. The van der Waals surface area contributed by atoms with Gasteiger partial charge in [-0.25, -0.2) is 4.79 Å². The normalized spacial score (nSPS) is 16.7. The first-order valence-corrected chi connectivity index (χ1v) is 6.61. The molecule has 4 nitrogen and oxygen atoms in total. The topological polar surface area (TPSA) is 44.1 Å². The number of esters is 1. The Kier molecular flexibility index (Phi) is 3.66. The number of aromatic nitrogens is 2. The molecule has 19 heavy (non-hydrogen) atoms. The summed E-state index contributed by atoms with van der Waals surface area (Å²) in [4.78, 5) is 12.1. The van der Waals surface area contributed by atoms with Crippen LogP contribution in [0.5, 0.6) is 0 Å². The molecule has 1 fully saturated rings. The van der Waals surface area contributed by atoms with Gasteiger partial charge in [-0.05, 0) is 39.5 Å². The highest BCUT2D eigenvalue weighted by Gasteiger charge is 2.34. The van der Waals surface area contributed by atoms with Crippen LogP contribution < -0.4 is 0 Å². The molecule has 0 unspecified atom stereocenters. The number of carbonyl (C=O) groups is 1. The maximum Gasteiger partial charge on any atom is 0.341 e. The molecule has 0 aliphatic heterocycles. The summed E-state index contributed by atoms with van der Waals surface area (Å²) in [6.45, 7) is 6.08. The van der Waals surface area contributed by atoms with Crippen LogP contribution in [-0.4, -0.2) is 21.9 Å². The third kappa shape index (κ3) is 3.37. The Morgan fingerprint density at radius 2 is 2.32 bits per heavy atom. The largest absolute Gasteiger partial charge is 0.457 e. The minimum Gasteiger partial charge on any atom is -0.457 e. The van der Waals surface area contributed by atoms with E-state index in [1.54, 1.807) is 17.1 Å². The molecular formula is C15H20N2O2. The highest BCUT2D eigenvalue weighted by molar-refractivity contribution is 5.88. The molecule has 2 rings (SSSR count). The molecule has 1 atom stereocenters. The summed E-state index contributed by atoms with van der Waals surface area (Å²) in [6.07, 6.45) is 11.1. The summed E-state index contributed by atoms with van der Waals surface area (Å²) in [6, 6.07) is 0. The van der Waals surface area contributed by atoms with Gasteiger partial charge in [0.15, 0.2) is 0 Å². The standard InChI is InChI=1S/C15H20N2O2/c1-5-6-13(11-7-8-11)19-14(18)12-9-16-17(10-12)15(2,3)4/h1,9-11,13H,6-8H2,2-4H3/t13-/m1/s1. The zero-order valence-corrected chi connectivity index (χ0v) is 11.7. The number of terminal acetylenes is 1. The molecule has 0 aromatic carbocycles. The van der Waals surface area contributed by atoms with Crippen LogP contribution in [0, 0.1) is 18.3 Å². The number of nitrogens with zero attached hydrogens (tertiary/aromatic N) is 2. The van der Waals surface area contributed by atoms with Crippen molar-refractivity contribution in [2.75, 3.05) is 0 Å². The second kappa shape index (κ2) is 5.08. The summed E-state index contributed by atoms with van der Waals surface area (Å²) in [7, 11) is 0. The molecular weight excluding hydrogens is 240 g/mol. The van der Waals surface area contributed by atoms with Gasteiger partial charge in [0.2, 0.25) is 0 Å². The van der Waals surface area contributed by atoms with Crippen LogP contribution in [0.3, 0.4) is 0 Å². The highest BCUT2D eigenvalue weighted by atomic mass is 16.5. The Bertz CT molecular complexity index is 501. The summed E-state index contributed by atoms with van der Waals surface area (Å²) < 4.78 is 7.25. The maximum atomic E-state index is 12.1. The molecule has 102 valence electrons. The van der Waals surface area contributed by atoms with E-state index in [9.17, 15) is 4.79 Å². The molecule has 1 aromatic rings. The third-order valence-corrected chi connectivity index (χ3v) is 3.23. The maximum absolute atomic E-state index is 12.1. The lowest BCUT2D eigenvalue weighted by Crippen LogP contribution is -2.22. The molecule has 4 heteroatoms. The van der Waals surface area contributed by atoms with E-state index in [1.807, 2.05) is 20.8 Å². The van der Waals surface area contributed by atoms with Crippen LogP contribution in [0.15, 0.2) is 12.4 Å². The summed E-state index contributed by atoms with van der Waals surface area (Å²) >= 11 is 0. The monoisotopic (exact) mass is 260 g/mol. The number of hydrogen-bond acceptors (Lipinski definition) is 3. The van der Waals surface area contributed by atoms with Crippen molar-refractivity contribution in [1.82, 2.24) is 9.78 Å². The number of hydrogen-bond donors (Lipinski definition) is 0. The first-order valence-electron chi connectivity index (χ1n) is 6.61. The van der Waals surface area contributed by atoms with E-state index in [1.165, 1.54) is 0 Å². The Morgan fingerprint density at radius 1 is 1.63 bits per heavy atom. The smallest absolute Gasteiger partial charge is 0.341 e. The fourth-order valence-corrected chi connectivity index (χ4v) is 1.89. The fraction of sp³-hybridized carbons (Fsp3) is 0.600. The molecule has 0 amide bonds. The van der Waals surface area contributed by atoms with Gasteiger partial charge in [0.25, 0.3) is 0 Å². The second-order valence-corrected chi connectivity index (χ2v) is 6.03. The SMILES string of the molecule is C#CC[C@@H](OC(=O)c1cnn(C(C)(C)C)c1)C1CC1. The zero-order valence-electron chi connectivity index (χ0n) is 11.7. The van der Waals surface area contributed by atoms with E-state index in [-0.39, 0.29) is 17.6 Å². The predicted molar refractivity (Wildman–Crippen MR) is 72.6 cm³/mol. The van der Waals surface area contributed by atoms with Crippen molar-refractivity contribution >= 4 is 5.97 Å². The Labute approximate surface area is 114 Å². The number of carbonyl (C=O) groups excluding carboxylic acids is 1. The second-order valence-electron chi connectivity index (χ2n) is 6.03. The van der Waals surface area contributed by atoms with E-state index in [0.717, 1.165) is 12.8 Å². The van der Waals surface area contributed by atoms with Crippen molar-refractivity contribution in [3.05, 3.63) is 18.0 Å². The average molecular weight is 260 g/mol. The van der Waals surface area contributed by atoms with E-state index < -0.39 is 0 Å². The Hall–Kier alpha value is -1.76. The molecule has 0 radical (unpaired) electrons. The van der Waals surface area contributed by atoms with Gasteiger partial charge < -0.3 is 4.74 Å². The van der Waals surface area contributed by atoms with E-state index >= 15 is 0 Å². The molecule has 0 N–H and O–H groups in total. The lowest BCUT2D eigenvalue weighted by Gasteiger charge is -2.18. The van der Waals surface area contributed by atoms with E-state index in [0.29, 0.717) is 17.9 Å². The van der Waals surface area contributed by atoms with Crippen molar-refractivity contribution in [1.29, 1.82) is 0 Å². The van der Waals surface area contributed by atoms with Crippen LogP contribution in [0.25, 0.3) is 0 Å². The van der Waals surface area contributed by atoms with Crippen LogP contribution >= 0.6 is 0 Å². The lowest BCUT2D eigenvalue weighted by molar-refractivity contribution is 0.0261. The first kappa shape index (κ1) is 13.7. The molecule has 1 aliphatic carbocycles. The summed E-state index contributed by atoms with van der Waals surface area (Å²) in [5.41, 5.74) is 0.338. The predicted octanol–water partition coefficient (Wildman–Crippen LogP) is 2.60. The van der Waals surface area contributed by atoms with Crippen LogP contribution in [0.2, 0.25) is 0 Å². The van der Waals surface area contributed by atoms with Gasteiger partial charge in [0.05, 0.1) is 17.3 Å². The molecule has 0 bridgehead atoms. The minimum atomic E-state index is -0.331. The summed E-state index contributed by atoms with van der Waals surface area (Å²) in [5, 5.41) is 4.20. The molecule has 1 saturated carbocycles. The van der Waals surface area contributed by atoms with Crippen LogP contribution in [0.4, 0.5) is 0 Å². The lowest BCUT2D eigenvalue weighted by atomic mass is 10.1. The highest BCUT2D eigenvalue weighted by Crippen LogP contribution is 2.36. The third-order valence-electron chi connectivity index (χ3n) is 3.23. The zero-order chi connectivity index (χ0) is 14.0. The van der Waals surface area contributed by atoms with Gasteiger partial charge in [0, 0.05) is 12.6 Å². The van der Waals surface area contributed by atoms with Crippen molar-refractivity contribution < 1.29 is 9.53 Å². The van der Waals surface area contributed by atoms with Gasteiger partial charge >= 0.3 is 5.97 Å². The van der Waals surface area contributed by atoms with E-state index in [2.05, 4.69) is 11.0 Å². The van der Waals surface area contributed by atoms with Crippen molar-refractivity contribution in [2.24, 2.45) is 5.92 Å². The van der Waals surface area contributed by atoms with Crippen LogP contribution in [-0.2, 0) is 10.3 Å². The van der Waals surface area contributed by atoms with Crippen LogP contribution in [0.1, 0.15) is 50.4 Å². The van der Waals surface area contributed by atoms with Gasteiger partial charge in [-0.2, -0.15) is 5.10 Å². The molecule has 0 saturated heterocycles. The molecule has 1 aromatic heterocycles. The van der Waals surface area contributed by atoms with Crippen molar-refractivity contribution in [2.45, 2.75) is 51.7 Å². The van der Waals surface area contributed by atoms with E-state index in [4.69, 9.17) is 11.2 Å². The fourth-order valence-electron chi connectivity index (χ4n) is 1.89. The summed E-state index contributed by atoms with van der Waals surface area (Å²) in [5.74, 6) is 2.69. The van der Waals surface area contributed by atoms with Gasteiger partial charge in [-0.3, -0.25) is 4.68 Å². The molecule has 0 spiro atoms. The first-order chi connectivity index (χ1) is 8.91. The number of ether oxygens (including phenoxy) is 1. The molecule has 1 aliphatic rings. The van der Waals surface area contributed by atoms with Gasteiger partial charge in [-0.1, -0.05) is 0 Å². The molecule has 1 heterocycles. The minimum absolute atomic E-state index is 0.143. The number of rotatable bonds is 4. The van der Waals surface area contributed by atoms with Crippen molar-refractivity contribution in [3.8, 4) is 12.3 Å². The van der Waals surface area contributed by atoms with Gasteiger partial charge in [-0.15, -0.1) is 12.3 Å².